The zero-order valence-electron chi connectivity index (χ0n) is 42.7. The van der Waals surface area contributed by atoms with Crippen LogP contribution in [0.15, 0.2) is 87.7 Å². The van der Waals surface area contributed by atoms with E-state index in [0.29, 0.717) is 82.2 Å². The van der Waals surface area contributed by atoms with Crippen molar-refractivity contribution in [1.29, 1.82) is 0 Å². The van der Waals surface area contributed by atoms with Crippen LogP contribution in [-0.2, 0) is 50.2 Å². The number of ether oxygens (including phenoxy) is 8. The first kappa shape index (κ1) is 55.6. The summed E-state index contributed by atoms with van der Waals surface area (Å²) in [6, 6.07) is 16.9. The van der Waals surface area contributed by atoms with E-state index in [9.17, 15) is 19.8 Å². The number of carbonyl (C=O) groups is 2. The molecule has 10 bridgehead atoms. The van der Waals surface area contributed by atoms with E-state index in [2.05, 4.69) is 132 Å². The molecule has 0 saturated heterocycles. The van der Waals surface area contributed by atoms with Crippen LogP contribution in [0.1, 0.15) is 105 Å². The standard InChI is InChI=1S/C54H70O12S4/c1-51(2,3)33-23-37-47-38(24-33)68-42-28-36(54(10,11)12)30-44(50(42)66-32-46(57)58)70-40-26-34(52(4,5)6)25-39(48(40)64-22-20-62-18-16-60-14-13-59-15-17-61-19-21-63-47)69-43-29-35(53(7,8)9)27-41(67-37)49(43)65-31-45(55)56/h23-30H,13-22,31-32H2,1-12H3,(H,55,56)(H,57,58). The Morgan fingerprint density at radius 3 is 0.829 bits per heavy atom. The molecule has 0 unspecified atom stereocenters. The molecule has 0 aromatic heterocycles. The van der Waals surface area contributed by atoms with Crippen LogP contribution in [0, 0.1) is 0 Å². The van der Waals surface area contributed by atoms with Crippen molar-refractivity contribution < 1.29 is 57.7 Å². The minimum atomic E-state index is -1.10. The minimum absolute atomic E-state index is 0.198. The number of rotatable bonds is 6. The van der Waals surface area contributed by atoms with Gasteiger partial charge in [0.25, 0.3) is 0 Å². The molecule has 16 heteroatoms. The van der Waals surface area contributed by atoms with Gasteiger partial charge in [0.2, 0.25) is 0 Å². The number of carboxylic acids is 2. The SMILES string of the molecule is CC(C)(C)c1cc2c3c(c1)Sc1cc(C(C)(C)C)cc(c1OCC(=O)O)Sc1cc(C(C)(C)C)cc(c1OCCOCCOCCOCCOCCO3)Sc1cc(C(C)(C)C)cc(c1OCC(=O)O)S2. The van der Waals surface area contributed by atoms with Crippen LogP contribution >= 0.6 is 47.0 Å². The summed E-state index contributed by atoms with van der Waals surface area (Å²) in [4.78, 5) is 30.7. The summed E-state index contributed by atoms with van der Waals surface area (Å²) in [5, 5.41) is 20.3. The summed E-state index contributed by atoms with van der Waals surface area (Å²) < 4.78 is 50.1. The van der Waals surface area contributed by atoms with Gasteiger partial charge in [0, 0.05) is 0 Å². The zero-order chi connectivity index (χ0) is 51.0. The molecule has 70 heavy (non-hydrogen) atoms. The molecule has 0 spiro atoms. The van der Waals surface area contributed by atoms with E-state index < -0.39 is 25.2 Å². The summed E-state index contributed by atoms with van der Waals surface area (Å²) in [6.07, 6.45) is 0. The number of aliphatic carboxylic acids is 2. The average molecular weight is 1040 g/mol. The fourth-order valence-corrected chi connectivity index (χ4v) is 11.9. The first-order valence-electron chi connectivity index (χ1n) is 23.6. The molecule has 0 amide bonds. The zero-order valence-corrected chi connectivity index (χ0v) is 46.0. The third-order valence-electron chi connectivity index (χ3n) is 11.2. The van der Waals surface area contributed by atoms with Gasteiger partial charge in [-0.1, -0.05) is 130 Å². The normalized spacial score (nSPS) is 16.1. The molecule has 2 heterocycles. The lowest BCUT2D eigenvalue weighted by molar-refractivity contribution is -0.140. The maximum absolute atomic E-state index is 12.4. The van der Waals surface area contributed by atoms with Crippen molar-refractivity contribution >= 4 is 59.0 Å². The Morgan fingerprint density at radius 1 is 0.400 bits per heavy atom. The molecule has 12 nitrogen and oxygen atoms in total. The molecule has 0 fully saturated rings. The van der Waals surface area contributed by atoms with Crippen molar-refractivity contribution in [3.63, 3.8) is 0 Å². The van der Waals surface area contributed by atoms with Gasteiger partial charge in [-0.15, -0.1) is 0 Å². The van der Waals surface area contributed by atoms with Crippen LogP contribution in [0.5, 0.6) is 23.0 Å². The summed E-state index contributed by atoms with van der Waals surface area (Å²) in [6.45, 7) is 28.0. The Morgan fingerprint density at radius 2 is 0.614 bits per heavy atom. The van der Waals surface area contributed by atoms with E-state index >= 15 is 0 Å². The Labute approximate surface area is 431 Å². The van der Waals surface area contributed by atoms with E-state index in [1.807, 2.05) is 0 Å². The van der Waals surface area contributed by atoms with Crippen LogP contribution in [0.4, 0.5) is 0 Å². The highest BCUT2D eigenvalue weighted by molar-refractivity contribution is 8.01. The second-order valence-electron chi connectivity index (χ2n) is 21.1. The van der Waals surface area contributed by atoms with Crippen molar-refractivity contribution in [3.8, 4) is 23.0 Å². The molecular formula is C54H70O12S4. The molecule has 4 aromatic carbocycles. The van der Waals surface area contributed by atoms with Crippen molar-refractivity contribution in [2.45, 2.75) is 144 Å². The van der Waals surface area contributed by atoms with Gasteiger partial charge >= 0.3 is 11.9 Å². The third kappa shape index (κ3) is 15.4. The molecule has 2 aliphatic heterocycles. The summed E-state index contributed by atoms with van der Waals surface area (Å²) in [5.74, 6) is -0.217. The van der Waals surface area contributed by atoms with Crippen LogP contribution in [0.25, 0.3) is 0 Å². The van der Waals surface area contributed by atoms with Crippen molar-refractivity contribution in [1.82, 2.24) is 0 Å². The topological polar surface area (TPSA) is 148 Å². The molecule has 0 saturated carbocycles. The predicted molar refractivity (Wildman–Crippen MR) is 278 cm³/mol. The van der Waals surface area contributed by atoms with E-state index in [0.717, 1.165) is 41.8 Å². The molecule has 6 rings (SSSR count). The summed E-state index contributed by atoms with van der Waals surface area (Å²) >= 11 is 5.82. The van der Waals surface area contributed by atoms with E-state index in [4.69, 9.17) is 37.9 Å². The third-order valence-corrected chi connectivity index (χ3v) is 15.4. The maximum Gasteiger partial charge on any atom is 0.341 e. The van der Waals surface area contributed by atoms with E-state index in [1.165, 1.54) is 47.0 Å². The fraction of sp³-hybridized carbons (Fsp3) is 0.519. The molecular weight excluding hydrogens is 969 g/mol. The number of benzene rings is 4. The monoisotopic (exact) mass is 1040 g/mol. The van der Waals surface area contributed by atoms with Gasteiger partial charge in [-0.05, 0) is 92.4 Å². The smallest absolute Gasteiger partial charge is 0.341 e. The van der Waals surface area contributed by atoms with Gasteiger partial charge in [0.05, 0.1) is 92.0 Å². The van der Waals surface area contributed by atoms with Gasteiger partial charge in [0.15, 0.2) is 13.2 Å². The molecule has 0 radical (unpaired) electrons. The highest BCUT2D eigenvalue weighted by Crippen LogP contribution is 2.56. The molecule has 2 N–H and O–H groups in total. The van der Waals surface area contributed by atoms with Crippen LogP contribution in [0.2, 0.25) is 0 Å². The van der Waals surface area contributed by atoms with Crippen LogP contribution < -0.4 is 18.9 Å². The second kappa shape index (κ2) is 23.9. The van der Waals surface area contributed by atoms with Gasteiger partial charge in [-0.25, -0.2) is 9.59 Å². The minimum Gasteiger partial charge on any atom is -0.489 e. The number of fused-ring (bicyclic) bond motifs is 2. The molecule has 0 atom stereocenters. The lowest BCUT2D eigenvalue weighted by Crippen LogP contribution is -2.15. The van der Waals surface area contributed by atoms with Crippen molar-refractivity contribution in [2.24, 2.45) is 0 Å². The first-order chi connectivity index (χ1) is 32.9. The molecule has 382 valence electrons. The Hall–Kier alpha value is -3.74. The second-order valence-corrected chi connectivity index (χ2v) is 25.5. The first-order valence-corrected chi connectivity index (χ1v) is 26.9. The number of hydrogen-bond donors (Lipinski definition) is 2. The molecule has 4 aromatic rings. The van der Waals surface area contributed by atoms with E-state index in [1.54, 1.807) is 0 Å². The highest BCUT2D eigenvalue weighted by atomic mass is 32.2. The molecule has 2 aliphatic rings. The fourth-order valence-electron chi connectivity index (χ4n) is 7.12. The van der Waals surface area contributed by atoms with Gasteiger partial charge in [0.1, 0.15) is 36.2 Å². The molecule has 0 aliphatic carbocycles. The van der Waals surface area contributed by atoms with Crippen molar-refractivity contribution in [2.75, 3.05) is 79.3 Å². The maximum atomic E-state index is 12.4. The number of hydrogen-bond acceptors (Lipinski definition) is 14. The predicted octanol–water partition coefficient (Wildman–Crippen LogP) is 12.6. The van der Waals surface area contributed by atoms with Gasteiger partial charge in [-0.2, -0.15) is 0 Å². The lowest BCUT2D eigenvalue weighted by Gasteiger charge is -2.28. The largest absolute Gasteiger partial charge is 0.489 e. The average Bonchev–Trinajstić information content (AvgIpc) is 3.24. The van der Waals surface area contributed by atoms with E-state index in [-0.39, 0.29) is 48.1 Å². The summed E-state index contributed by atoms with van der Waals surface area (Å²) in [5.41, 5.74) is 2.74. The van der Waals surface area contributed by atoms with Gasteiger partial charge in [-0.3, -0.25) is 0 Å². The van der Waals surface area contributed by atoms with Gasteiger partial charge < -0.3 is 48.1 Å². The number of carboxylic acid groups (broad SMARTS) is 2. The highest BCUT2D eigenvalue weighted by Gasteiger charge is 2.31. The van der Waals surface area contributed by atoms with Crippen LogP contribution in [0.3, 0.4) is 0 Å². The van der Waals surface area contributed by atoms with Crippen LogP contribution in [-0.4, -0.2) is 101 Å². The quantitative estimate of drug-likeness (QED) is 0.166. The lowest BCUT2D eigenvalue weighted by atomic mass is 9.87. The summed E-state index contributed by atoms with van der Waals surface area (Å²) in [7, 11) is 0. The Balaban J connectivity index is 1.76. The van der Waals surface area contributed by atoms with Crippen molar-refractivity contribution in [3.05, 3.63) is 70.8 Å². The Bertz CT molecular complexity index is 2210. The Kier molecular flexibility index (Phi) is 18.9.